The second-order valence-corrected chi connectivity index (χ2v) is 8.42. The fraction of sp³-hybridized carbons (Fsp3) is 0.217. The van der Waals surface area contributed by atoms with Crippen LogP contribution in [0.15, 0.2) is 67.0 Å². The van der Waals surface area contributed by atoms with Gasteiger partial charge in [0.1, 0.15) is 5.75 Å². The van der Waals surface area contributed by atoms with Crippen LogP contribution in [-0.4, -0.2) is 34.4 Å². The topological polar surface area (TPSA) is 86.8 Å². The zero-order chi connectivity index (χ0) is 25.4. The summed E-state index contributed by atoms with van der Waals surface area (Å²) in [5.74, 6) is -1.36. The lowest BCUT2D eigenvalue weighted by molar-refractivity contribution is -0.0692. The van der Waals surface area contributed by atoms with Crippen molar-refractivity contribution < 1.29 is 36.4 Å². The molecular formula is C23H21F4N3O4S. The van der Waals surface area contributed by atoms with Crippen molar-refractivity contribution >= 4 is 28.6 Å². The Labute approximate surface area is 202 Å². The summed E-state index contributed by atoms with van der Waals surface area (Å²) in [5, 5.41) is 0. The zero-order valence-electron chi connectivity index (χ0n) is 18.4. The summed E-state index contributed by atoms with van der Waals surface area (Å²) in [6, 6.07) is 13.4. The summed E-state index contributed by atoms with van der Waals surface area (Å²) in [4.78, 5) is 18.0. The van der Waals surface area contributed by atoms with Crippen molar-refractivity contribution in [2.75, 3.05) is 10.7 Å². The first-order valence-corrected chi connectivity index (χ1v) is 11.6. The fourth-order valence-electron chi connectivity index (χ4n) is 3.08. The molecule has 1 unspecified atom stereocenters. The number of aromatic nitrogens is 1. The van der Waals surface area contributed by atoms with Crippen LogP contribution >= 0.6 is 0 Å². The Balaban J connectivity index is 1.98. The molecule has 0 aliphatic heterocycles. The van der Waals surface area contributed by atoms with Crippen molar-refractivity contribution in [3.63, 3.8) is 0 Å². The summed E-state index contributed by atoms with van der Waals surface area (Å²) in [7, 11) is 0. The minimum Gasteiger partial charge on any atom is -0.593 e. The van der Waals surface area contributed by atoms with Crippen molar-refractivity contribution in [3.05, 3.63) is 78.1 Å². The fourth-order valence-corrected chi connectivity index (χ4v) is 3.55. The molecule has 0 bridgehead atoms. The van der Waals surface area contributed by atoms with E-state index >= 15 is 0 Å². The third-order valence-corrected chi connectivity index (χ3v) is 5.58. The molecule has 12 heteroatoms. The van der Waals surface area contributed by atoms with E-state index in [0.29, 0.717) is 11.4 Å². The van der Waals surface area contributed by atoms with E-state index < -0.39 is 42.0 Å². The Hall–Kier alpha value is -3.51. The van der Waals surface area contributed by atoms with Crippen molar-refractivity contribution in [2.24, 2.45) is 0 Å². The molecule has 3 rings (SSSR count). The van der Waals surface area contributed by atoms with E-state index in [1.165, 1.54) is 18.2 Å². The summed E-state index contributed by atoms with van der Waals surface area (Å²) < 4.78 is 74.0. The Morgan fingerprint density at radius 2 is 1.69 bits per heavy atom. The number of amides is 1. The number of carbonyl (C=O) groups is 1. The number of rotatable bonds is 11. The number of halogens is 4. The lowest BCUT2D eigenvalue weighted by atomic mass is 10.1. The molecule has 0 saturated carbocycles. The first kappa shape index (κ1) is 26.1. The second-order valence-electron chi connectivity index (χ2n) is 6.95. The van der Waals surface area contributed by atoms with Crippen molar-refractivity contribution in [2.45, 2.75) is 26.7 Å². The van der Waals surface area contributed by atoms with Crippen LogP contribution in [0.1, 0.15) is 22.8 Å². The molecular weight excluding hydrogens is 490 g/mol. The molecule has 186 valence electrons. The smallest absolute Gasteiger partial charge is 0.387 e. The standard InChI is InChI=1S/C23H21F4N3O4S/c1-2-35(32)29-21(31)16-5-7-17(8-6-16)30(14-15-4-3-11-28-13-15)18-9-10-19(33-22(24)25)20(12-18)34-23(26)27/h3-13,22-23H,2,14H2,1H3,(H,29,31). The highest BCUT2D eigenvalue weighted by Crippen LogP contribution is 2.37. The van der Waals surface area contributed by atoms with Crippen molar-refractivity contribution in [1.82, 2.24) is 9.71 Å². The molecule has 35 heavy (non-hydrogen) atoms. The number of anilines is 2. The number of carbonyl (C=O) groups excluding carboxylic acids is 1. The number of nitrogens with one attached hydrogen (secondary N) is 1. The van der Waals surface area contributed by atoms with Gasteiger partial charge >= 0.3 is 13.2 Å². The van der Waals surface area contributed by atoms with Crippen LogP contribution in [0, 0.1) is 0 Å². The summed E-state index contributed by atoms with van der Waals surface area (Å²) in [6.45, 7) is -4.60. The van der Waals surface area contributed by atoms with Gasteiger partial charge < -0.3 is 18.9 Å². The number of benzene rings is 2. The quantitative estimate of drug-likeness (QED) is 0.287. The van der Waals surface area contributed by atoms with Crippen LogP contribution in [0.4, 0.5) is 28.9 Å². The summed E-state index contributed by atoms with van der Waals surface area (Å²) in [5.41, 5.74) is 1.90. The average Bonchev–Trinajstić information content (AvgIpc) is 2.83. The normalized spacial score (nSPS) is 11.9. The highest BCUT2D eigenvalue weighted by atomic mass is 32.2. The van der Waals surface area contributed by atoms with E-state index in [1.54, 1.807) is 48.5 Å². The summed E-state index contributed by atoms with van der Waals surface area (Å²) in [6.07, 6.45) is 3.20. The number of hydrogen-bond donors (Lipinski definition) is 1. The Morgan fingerprint density at radius 1 is 1.03 bits per heavy atom. The van der Waals surface area contributed by atoms with Crippen LogP contribution in [0.3, 0.4) is 0 Å². The van der Waals surface area contributed by atoms with Gasteiger partial charge in [0.2, 0.25) is 0 Å². The lowest BCUT2D eigenvalue weighted by Gasteiger charge is -2.26. The third kappa shape index (κ3) is 7.49. The van der Waals surface area contributed by atoms with Gasteiger partial charge in [-0.3, -0.25) is 9.78 Å². The average molecular weight is 511 g/mol. The molecule has 1 heterocycles. The molecule has 0 radical (unpaired) electrons. The van der Waals surface area contributed by atoms with Crippen LogP contribution in [0.5, 0.6) is 11.5 Å². The maximum absolute atomic E-state index is 12.9. The van der Waals surface area contributed by atoms with E-state index in [2.05, 4.69) is 19.2 Å². The van der Waals surface area contributed by atoms with Gasteiger partial charge in [-0.1, -0.05) is 6.07 Å². The van der Waals surface area contributed by atoms with Crippen molar-refractivity contribution in [3.8, 4) is 11.5 Å². The number of nitrogens with zero attached hydrogens (tertiary/aromatic N) is 2. The number of pyridine rings is 1. The van der Waals surface area contributed by atoms with Crippen LogP contribution in [-0.2, 0) is 17.9 Å². The van der Waals surface area contributed by atoms with Gasteiger partial charge in [-0.15, -0.1) is 0 Å². The molecule has 1 N–H and O–H groups in total. The van der Waals surface area contributed by atoms with E-state index in [0.717, 1.165) is 17.7 Å². The molecule has 0 saturated heterocycles. The van der Waals surface area contributed by atoms with Gasteiger partial charge in [-0.2, -0.15) is 22.3 Å². The first-order valence-electron chi connectivity index (χ1n) is 10.3. The van der Waals surface area contributed by atoms with E-state index in [9.17, 15) is 26.9 Å². The van der Waals surface area contributed by atoms with Gasteiger partial charge in [0, 0.05) is 41.9 Å². The number of alkyl halides is 4. The second kappa shape index (κ2) is 12.3. The number of hydrogen-bond acceptors (Lipinski definition) is 6. The molecule has 0 aliphatic carbocycles. The molecule has 2 aromatic carbocycles. The van der Waals surface area contributed by atoms with Gasteiger partial charge in [0.15, 0.2) is 11.5 Å². The molecule has 0 aliphatic rings. The van der Waals surface area contributed by atoms with Crippen molar-refractivity contribution in [1.29, 1.82) is 0 Å². The van der Waals surface area contributed by atoms with Gasteiger partial charge in [0.05, 0.1) is 11.4 Å². The van der Waals surface area contributed by atoms with Crippen LogP contribution < -0.4 is 19.1 Å². The molecule has 3 aromatic rings. The molecule has 1 amide bonds. The van der Waals surface area contributed by atoms with Crippen LogP contribution in [0.2, 0.25) is 0 Å². The molecule has 7 nitrogen and oxygen atoms in total. The third-order valence-electron chi connectivity index (χ3n) is 4.64. The lowest BCUT2D eigenvalue weighted by Crippen LogP contribution is -2.31. The zero-order valence-corrected chi connectivity index (χ0v) is 19.2. The maximum atomic E-state index is 12.9. The molecule has 1 aromatic heterocycles. The van der Waals surface area contributed by atoms with Gasteiger partial charge in [0.25, 0.3) is 5.91 Å². The van der Waals surface area contributed by atoms with Gasteiger partial charge in [-0.25, -0.2) is 0 Å². The highest BCUT2D eigenvalue weighted by molar-refractivity contribution is 7.90. The van der Waals surface area contributed by atoms with Gasteiger partial charge in [-0.05, 0) is 55.0 Å². The predicted molar refractivity (Wildman–Crippen MR) is 122 cm³/mol. The molecule has 0 spiro atoms. The monoisotopic (exact) mass is 511 g/mol. The largest absolute Gasteiger partial charge is 0.593 e. The summed E-state index contributed by atoms with van der Waals surface area (Å²) >= 11 is -1.50. The SMILES string of the molecule is CC[S+]([O-])NC(=O)c1ccc(N(Cc2cccnc2)c2ccc(OC(F)F)c(OC(F)F)c2)cc1. The van der Waals surface area contributed by atoms with Crippen LogP contribution in [0.25, 0.3) is 0 Å². The molecule has 1 atom stereocenters. The minimum atomic E-state index is -3.26. The van der Waals surface area contributed by atoms with E-state index in [1.807, 2.05) is 0 Å². The molecule has 0 fully saturated rings. The van der Waals surface area contributed by atoms with E-state index in [-0.39, 0.29) is 17.9 Å². The van der Waals surface area contributed by atoms with E-state index in [4.69, 9.17) is 0 Å². The first-order chi connectivity index (χ1) is 16.8. The Bertz CT molecular complexity index is 1110. The number of ether oxygens (including phenoxy) is 2. The highest BCUT2D eigenvalue weighted by Gasteiger charge is 2.19. The maximum Gasteiger partial charge on any atom is 0.387 e. The minimum absolute atomic E-state index is 0.225. The Morgan fingerprint density at radius 3 is 2.29 bits per heavy atom. The Kier molecular flexibility index (Phi) is 9.15. The predicted octanol–water partition coefficient (Wildman–Crippen LogP) is 5.04.